The van der Waals surface area contributed by atoms with Crippen molar-refractivity contribution in [1.82, 2.24) is 0 Å². The zero-order valence-corrected chi connectivity index (χ0v) is 18.8. The van der Waals surface area contributed by atoms with Crippen LogP contribution in [-0.4, -0.2) is 12.5 Å². The van der Waals surface area contributed by atoms with Crippen molar-refractivity contribution in [1.29, 1.82) is 0 Å². The van der Waals surface area contributed by atoms with Crippen LogP contribution in [-0.2, 0) is 0 Å². The maximum absolute atomic E-state index is 10.8. The zero-order chi connectivity index (χ0) is 19.2. The Morgan fingerprint density at radius 3 is 1.64 bits per heavy atom. The zero-order valence-electron chi connectivity index (χ0n) is 15.3. The molecule has 0 unspecified atom stereocenters. The number of halogens is 2. The van der Waals surface area contributed by atoms with Crippen molar-refractivity contribution in [3.8, 4) is 0 Å². The molecule has 0 spiro atoms. The molecule has 3 nitrogen and oxygen atoms in total. The van der Waals surface area contributed by atoms with Gasteiger partial charge in [-0.1, -0.05) is 65.7 Å². The second kappa shape index (κ2) is 10.7. The van der Waals surface area contributed by atoms with Crippen LogP contribution in [0, 0.1) is 0 Å². The van der Waals surface area contributed by atoms with E-state index in [1.54, 1.807) is 12.1 Å². The number of carbonyl (C=O) groups excluding carboxylic acids is 1. The number of nitrogens with one attached hydrogen (secondary N) is 1. The fraction of sp³-hybridized carbons (Fsp3) is 0.0455. The maximum Gasteiger partial charge on any atom is 1.00 e. The summed E-state index contributed by atoms with van der Waals surface area (Å²) in [7, 11) is 0. The molecule has 0 aliphatic rings. The van der Waals surface area contributed by atoms with E-state index in [0.717, 1.165) is 22.4 Å². The van der Waals surface area contributed by atoms with Crippen LogP contribution in [0.2, 0.25) is 10.0 Å². The van der Waals surface area contributed by atoms with Gasteiger partial charge >= 0.3 is 29.6 Å². The molecule has 0 heterocycles. The molecule has 0 aliphatic carbocycles. The molecule has 3 aromatic carbocycles. The number of rotatable bonds is 6. The monoisotopic (exact) mass is 419 g/mol. The van der Waals surface area contributed by atoms with Crippen molar-refractivity contribution >= 4 is 40.4 Å². The summed E-state index contributed by atoms with van der Waals surface area (Å²) in [6.07, 6.45) is 2.07. The first-order valence-corrected chi connectivity index (χ1v) is 9.06. The molecule has 0 saturated carbocycles. The Balaban J connectivity index is 0.00000280. The standard InChI is InChI=1S/C22H17Cl2NO2.Na/c23-18-7-1-15(2-8-18)21(16-3-9-19(24)10-4-16)13-14-25-20-11-5-17(6-12-20)22(26)27;/h1-13,25H,14H2,(H,26,27);/q;+1/p-1. The largest absolute Gasteiger partial charge is 1.00 e. The van der Waals surface area contributed by atoms with Crippen LogP contribution in [0.4, 0.5) is 5.69 Å². The molecule has 0 saturated heterocycles. The van der Waals surface area contributed by atoms with Crippen molar-refractivity contribution in [2.75, 3.05) is 11.9 Å². The molecule has 136 valence electrons. The van der Waals surface area contributed by atoms with E-state index in [1.807, 2.05) is 48.5 Å². The predicted octanol–water partition coefficient (Wildman–Crippen LogP) is 1.90. The summed E-state index contributed by atoms with van der Waals surface area (Å²) < 4.78 is 0. The van der Waals surface area contributed by atoms with Crippen LogP contribution in [0.3, 0.4) is 0 Å². The van der Waals surface area contributed by atoms with E-state index in [0.29, 0.717) is 16.6 Å². The average molecular weight is 420 g/mol. The summed E-state index contributed by atoms with van der Waals surface area (Å²) in [5, 5.41) is 15.4. The first-order valence-electron chi connectivity index (χ1n) is 8.30. The molecule has 3 rings (SSSR count). The molecular weight excluding hydrogens is 404 g/mol. The summed E-state index contributed by atoms with van der Waals surface area (Å²) in [6.45, 7) is 0.561. The minimum absolute atomic E-state index is 0. The number of carboxylic acids is 1. The fourth-order valence-corrected chi connectivity index (χ4v) is 2.91. The van der Waals surface area contributed by atoms with Gasteiger partial charge in [0, 0.05) is 22.3 Å². The SMILES string of the molecule is O=C([O-])c1ccc(NCC=C(c2ccc(Cl)cc2)c2ccc(Cl)cc2)cc1.[Na+]. The van der Waals surface area contributed by atoms with Crippen LogP contribution in [0.5, 0.6) is 0 Å². The maximum atomic E-state index is 10.8. The Kier molecular flexibility index (Phi) is 8.61. The van der Waals surface area contributed by atoms with E-state index in [4.69, 9.17) is 23.2 Å². The smallest absolute Gasteiger partial charge is 0.545 e. The molecular formula is C22H16Cl2NNaO2. The number of hydrogen-bond donors (Lipinski definition) is 1. The molecule has 28 heavy (non-hydrogen) atoms. The number of carbonyl (C=O) groups is 1. The molecule has 0 radical (unpaired) electrons. The molecule has 0 bridgehead atoms. The quantitative estimate of drug-likeness (QED) is 0.620. The molecule has 1 N–H and O–H groups in total. The molecule has 0 aromatic heterocycles. The number of hydrogen-bond acceptors (Lipinski definition) is 3. The molecule has 0 aliphatic heterocycles. The predicted molar refractivity (Wildman–Crippen MR) is 109 cm³/mol. The topological polar surface area (TPSA) is 52.2 Å². The third kappa shape index (κ3) is 6.13. The molecule has 0 amide bonds. The molecule has 6 heteroatoms. The molecule has 0 atom stereocenters. The van der Waals surface area contributed by atoms with Crippen molar-refractivity contribution in [3.63, 3.8) is 0 Å². The van der Waals surface area contributed by atoms with Crippen LogP contribution in [0.1, 0.15) is 21.5 Å². The second-order valence-electron chi connectivity index (χ2n) is 5.88. The van der Waals surface area contributed by atoms with Gasteiger partial charge in [0.05, 0.1) is 5.97 Å². The second-order valence-corrected chi connectivity index (χ2v) is 6.75. The average Bonchev–Trinajstić information content (AvgIpc) is 2.67. The van der Waals surface area contributed by atoms with Crippen molar-refractivity contribution in [2.24, 2.45) is 0 Å². The Labute approximate surface area is 196 Å². The Hall–Kier alpha value is -1.75. The van der Waals surface area contributed by atoms with Gasteiger partial charge in [-0.25, -0.2) is 0 Å². The Morgan fingerprint density at radius 2 is 1.21 bits per heavy atom. The van der Waals surface area contributed by atoms with Crippen LogP contribution in [0.15, 0.2) is 78.9 Å². The van der Waals surface area contributed by atoms with E-state index in [-0.39, 0.29) is 35.1 Å². The van der Waals surface area contributed by atoms with Gasteiger partial charge in [-0.3, -0.25) is 0 Å². The third-order valence-electron chi connectivity index (χ3n) is 4.04. The van der Waals surface area contributed by atoms with Crippen molar-refractivity contribution < 1.29 is 39.5 Å². The normalized spacial score (nSPS) is 9.93. The van der Waals surface area contributed by atoms with E-state index in [2.05, 4.69) is 11.4 Å². The van der Waals surface area contributed by atoms with Gasteiger partial charge in [0.15, 0.2) is 0 Å². The van der Waals surface area contributed by atoms with Crippen LogP contribution in [0.25, 0.3) is 5.57 Å². The van der Waals surface area contributed by atoms with Gasteiger partial charge in [-0.15, -0.1) is 0 Å². The number of anilines is 1. The Morgan fingerprint density at radius 1 is 0.786 bits per heavy atom. The van der Waals surface area contributed by atoms with E-state index < -0.39 is 5.97 Å². The van der Waals surface area contributed by atoms with Crippen LogP contribution < -0.4 is 40.0 Å². The molecule has 0 fully saturated rings. The first kappa shape index (κ1) is 22.5. The summed E-state index contributed by atoms with van der Waals surface area (Å²) in [5.41, 5.74) is 4.09. The van der Waals surface area contributed by atoms with Gasteiger partial charge in [0.25, 0.3) is 0 Å². The first-order chi connectivity index (χ1) is 13.0. The fourth-order valence-electron chi connectivity index (χ4n) is 2.66. The van der Waals surface area contributed by atoms with Crippen LogP contribution >= 0.6 is 23.2 Å². The van der Waals surface area contributed by atoms with Gasteiger partial charge in [-0.05, 0) is 58.7 Å². The van der Waals surface area contributed by atoms with Gasteiger partial charge < -0.3 is 15.2 Å². The Bertz CT molecular complexity index is 906. The summed E-state index contributed by atoms with van der Waals surface area (Å²) in [5.74, 6) is -1.19. The number of carboxylic acid groups (broad SMARTS) is 1. The van der Waals surface area contributed by atoms with E-state index >= 15 is 0 Å². The minimum Gasteiger partial charge on any atom is -0.545 e. The van der Waals surface area contributed by atoms with E-state index in [1.165, 1.54) is 12.1 Å². The summed E-state index contributed by atoms with van der Waals surface area (Å²) in [4.78, 5) is 10.8. The molecule has 3 aromatic rings. The number of benzene rings is 3. The van der Waals surface area contributed by atoms with E-state index in [9.17, 15) is 9.90 Å². The van der Waals surface area contributed by atoms with Gasteiger partial charge in [-0.2, -0.15) is 0 Å². The van der Waals surface area contributed by atoms with Gasteiger partial charge in [0.2, 0.25) is 0 Å². The number of aromatic carboxylic acids is 1. The minimum atomic E-state index is -1.19. The van der Waals surface area contributed by atoms with Crippen molar-refractivity contribution in [3.05, 3.63) is 106 Å². The van der Waals surface area contributed by atoms with Crippen molar-refractivity contribution in [2.45, 2.75) is 0 Å². The summed E-state index contributed by atoms with van der Waals surface area (Å²) in [6, 6.07) is 21.7. The van der Waals surface area contributed by atoms with Gasteiger partial charge in [0.1, 0.15) is 0 Å². The third-order valence-corrected chi connectivity index (χ3v) is 4.55. The summed E-state index contributed by atoms with van der Waals surface area (Å²) >= 11 is 12.0.